The van der Waals surface area contributed by atoms with E-state index in [9.17, 15) is 43.2 Å². The van der Waals surface area contributed by atoms with Crippen LogP contribution < -0.4 is 0 Å². The maximum Gasteiger partial charge on any atom is 0.472 e. The Morgan fingerprint density at radius 2 is 0.506 bits per heavy atom. The fourth-order valence-electron chi connectivity index (χ4n) is 8.70. The monoisotopic (exact) mass is 1200 g/mol. The molecule has 0 aliphatic carbocycles. The number of carbonyl (C=O) groups is 4. The summed E-state index contributed by atoms with van der Waals surface area (Å²) in [6.07, 6.45) is 40.6. The van der Waals surface area contributed by atoms with Gasteiger partial charge in [-0.3, -0.25) is 37.3 Å². The molecule has 0 fully saturated rings. The Balaban J connectivity index is 0. The Morgan fingerprint density at radius 1 is 0.296 bits per heavy atom. The molecule has 0 aliphatic heterocycles. The molecule has 0 saturated carbocycles. The Labute approximate surface area is 493 Å². The van der Waals surface area contributed by atoms with E-state index >= 15 is 0 Å². The molecule has 0 aromatic carbocycles. The van der Waals surface area contributed by atoms with Gasteiger partial charge in [0.2, 0.25) is 0 Å². The molecule has 0 aliphatic rings. The summed E-state index contributed by atoms with van der Waals surface area (Å²) in [4.78, 5) is 70.9. The van der Waals surface area contributed by atoms with Gasteiger partial charge < -0.3 is 33.8 Å². The maximum atomic E-state index is 12.8. The first-order valence-electron chi connectivity index (χ1n) is 32.7. The standard InChI is InChI=1S/C53H102O17P2.C9H20/c1-5-9-13-16-19-21-23-25-27-29-32-34-38-51(56)64-44-49(70-52(57)39-35-31-18-15-11-7-3)46-68-72(61,62)66-42-47(54)41-65-71(59,60)67-45-48(43-63-50(55)37-12-8-4)69-53(58)40-36-33-30-28-26-24-22-20-17-14-10-6-2;1-3-5-7-9-8-6-4-2/h47-49,54H,5-46H2,1-4H3,(H,59,60)(H,61,62);3-9H2,1-2H3/t47-,48-,49-;/m1./s1. The minimum absolute atomic E-state index is 0.102. The first-order valence-corrected chi connectivity index (χ1v) is 35.7. The molecule has 17 nitrogen and oxygen atoms in total. The second kappa shape index (κ2) is 59.8. The number of phosphoric acid groups is 2. The average Bonchev–Trinajstić information content (AvgIpc) is 3.44. The molecule has 0 saturated heterocycles. The Kier molecular flexibility index (Phi) is 59.9. The van der Waals surface area contributed by atoms with Crippen molar-refractivity contribution in [2.45, 2.75) is 336 Å². The quantitative estimate of drug-likeness (QED) is 0.0222. The van der Waals surface area contributed by atoms with Crippen molar-refractivity contribution in [1.82, 2.24) is 0 Å². The molecule has 0 bridgehead atoms. The van der Waals surface area contributed by atoms with Crippen LogP contribution in [0.25, 0.3) is 0 Å². The molecule has 0 rings (SSSR count). The molecule has 5 atom stereocenters. The van der Waals surface area contributed by atoms with Crippen molar-refractivity contribution in [3.05, 3.63) is 0 Å². The molecule has 0 aromatic rings. The lowest BCUT2D eigenvalue weighted by Crippen LogP contribution is -2.30. The highest BCUT2D eigenvalue weighted by Crippen LogP contribution is 2.45. The van der Waals surface area contributed by atoms with Crippen molar-refractivity contribution in [1.29, 1.82) is 0 Å². The summed E-state index contributed by atoms with van der Waals surface area (Å²) in [5, 5.41) is 10.4. The first-order chi connectivity index (χ1) is 39.1. The third-order valence-corrected chi connectivity index (χ3v) is 15.7. The van der Waals surface area contributed by atoms with Gasteiger partial charge in [0, 0.05) is 25.7 Å². The molecule has 0 heterocycles. The molecule has 0 radical (unpaired) electrons. The molecule has 2 unspecified atom stereocenters. The summed E-state index contributed by atoms with van der Waals surface area (Å²) < 4.78 is 66.9. The summed E-state index contributed by atoms with van der Waals surface area (Å²) >= 11 is 0. The van der Waals surface area contributed by atoms with Gasteiger partial charge in [-0.1, -0.05) is 266 Å². The molecule has 0 aromatic heterocycles. The molecule has 19 heteroatoms. The van der Waals surface area contributed by atoms with Crippen LogP contribution in [-0.4, -0.2) is 96.7 Å². The fourth-order valence-corrected chi connectivity index (χ4v) is 10.3. The van der Waals surface area contributed by atoms with E-state index in [2.05, 4.69) is 34.6 Å². The Morgan fingerprint density at radius 3 is 0.765 bits per heavy atom. The lowest BCUT2D eigenvalue weighted by molar-refractivity contribution is -0.161. The second-order valence-electron chi connectivity index (χ2n) is 22.0. The van der Waals surface area contributed by atoms with Crippen molar-refractivity contribution in [3.63, 3.8) is 0 Å². The van der Waals surface area contributed by atoms with Crippen LogP contribution in [0, 0.1) is 0 Å². The number of hydrogen-bond donors (Lipinski definition) is 3. The highest BCUT2D eigenvalue weighted by atomic mass is 31.2. The van der Waals surface area contributed by atoms with E-state index in [1.165, 1.54) is 141 Å². The number of hydrogen-bond acceptors (Lipinski definition) is 15. The third-order valence-electron chi connectivity index (χ3n) is 13.8. The first kappa shape index (κ1) is 81.1. The number of phosphoric ester groups is 2. The highest BCUT2D eigenvalue weighted by molar-refractivity contribution is 7.47. The zero-order chi connectivity index (χ0) is 60.3. The van der Waals surface area contributed by atoms with Crippen molar-refractivity contribution in [2.75, 3.05) is 39.6 Å². The van der Waals surface area contributed by atoms with Crippen LogP contribution in [0.15, 0.2) is 0 Å². The molecule has 3 N–H and O–H groups in total. The fraction of sp³-hybridized carbons (Fsp3) is 0.935. The van der Waals surface area contributed by atoms with Crippen LogP contribution in [0.4, 0.5) is 0 Å². The maximum absolute atomic E-state index is 12.8. The van der Waals surface area contributed by atoms with Gasteiger partial charge in [-0.05, 0) is 25.7 Å². The van der Waals surface area contributed by atoms with E-state index in [4.69, 9.17) is 37.0 Å². The SMILES string of the molecule is CCCCCCCCC.CCCCCCCCCCCCCCC(=O)OC[C@H](COP(=O)(O)OC[C@H](O)COP(=O)(O)OC[C@@H](COC(=O)CCCC)OC(=O)CCCCCCCCCCCCCC)OC(=O)CCCCCCCC. The average molecular weight is 1200 g/mol. The Bertz CT molecular complexity index is 1530. The minimum atomic E-state index is -4.92. The predicted molar refractivity (Wildman–Crippen MR) is 324 cm³/mol. The van der Waals surface area contributed by atoms with Gasteiger partial charge in [-0.2, -0.15) is 0 Å². The number of aliphatic hydroxyl groups excluding tert-OH is 1. The van der Waals surface area contributed by atoms with Gasteiger partial charge in [-0.25, -0.2) is 9.13 Å². The van der Waals surface area contributed by atoms with Crippen LogP contribution >= 0.6 is 15.6 Å². The number of unbranched alkanes of at least 4 members (excludes halogenated alkanes) is 34. The van der Waals surface area contributed by atoms with Gasteiger partial charge in [0.05, 0.1) is 26.4 Å². The van der Waals surface area contributed by atoms with E-state index in [0.29, 0.717) is 25.7 Å². The lowest BCUT2D eigenvalue weighted by Gasteiger charge is -2.21. The summed E-state index contributed by atoms with van der Waals surface area (Å²) in [5.74, 6) is -2.19. The van der Waals surface area contributed by atoms with Gasteiger partial charge in [0.15, 0.2) is 12.2 Å². The molecule has 0 amide bonds. The molecular weight excluding hydrogens is 1080 g/mol. The van der Waals surface area contributed by atoms with Crippen molar-refractivity contribution in [2.24, 2.45) is 0 Å². The summed E-state index contributed by atoms with van der Waals surface area (Å²) in [7, 11) is -9.84. The number of ether oxygens (including phenoxy) is 4. The zero-order valence-electron chi connectivity index (χ0n) is 52.3. The number of carbonyl (C=O) groups excluding carboxylic acids is 4. The number of aliphatic hydroxyl groups is 1. The van der Waals surface area contributed by atoms with Crippen LogP contribution in [-0.2, 0) is 65.4 Å². The number of rotatable bonds is 60. The number of esters is 4. The normalized spacial score (nSPS) is 14.0. The zero-order valence-corrected chi connectivity index (χ0v) is 54.1. The van der Waals surface area contributed by atoms with Crippen molar-refractivity contribution >= 4 is 39.5 Å². The van der Waals surface area contributed by atoms with Gasteiger partial charge in [0.1, 0.15) is 19.3 Å². The smallest absolute Gasteiger partial charge is 0.462 e. The van der Waals surface area contributed by atoms with Crippen LogP contribution in [0.3, 0.4) is 0 Å². The molecular formula is C62H122O17P2. The predicted octanol–water partition coefficient (Wildman–Crippen LogP) is 17.4. The van der Waals surface area contributed by atoms with Crippen LogP contribution in [0.2, 0.25) is 0 Å². The van der Waals surface area contributed by atoms with E-state index in [1.54, 1.807) is 0 Å². The topological polar surface area (TPSA) is 237 Å². The summed E-state index contributed by atoms with van der Waals surface area (Å²) in [5.41, 5.74) is 0. The largest absolute Gasteiger partial charge is 0.472 e. The van der Waals surface area contributed by atoms with Gasteiger partial charge in [0.25, 0.3) is 0 Å². The highest BCUT2D eigenvalue weighted by Gasteiger charge is 2.30. The third kappa shape index (κ3) is 61.0. The van der Waals surface area contributed by atoms with E-state index in [1.807, 2.05) is 6.92 Å². The van der Waals surface area contributed by atoms with Gasteiger partial charge in [-0.15, -0.1) is 0 Å². The second-order valence-corrected chi connectivity index (χ2v) is 24.9. The van der Waals surface area contributed by atoms with E-state index < -0.39 is 97.5 Å². The minimum Gasteiger partial charge on any atom is -0.462 e. The molecule has 0 spiro atoms. The van der Waals surface area contributed by atoms with E-state index in [0.717, 1.165) is 83.5 Å². The summed E-state index contributed by atoms with van der Waals surface area (Å²) in [6.45, 7) is 9.02. The van der Waals surface area contributed by atoms with Crippen LogP contribution in [0.1, 0.15) is 318 Å². The van der Waals surface area contributed by atoms with Crippen LogP contribution in [0.5, 0.6) is 0 Å². The van der Waals surface area contributed by atoms with Crippen molar-refractivity contribution in [3.8, 4) is 0 Å². The summed E-state index contributed by atoms with van der Waals surface area (Å²) in [6, 6.07) is 0. The van der Waals surface area contributed by atoms with Crippen molar-refractivity contribution < 1.29 is 80.2 Å². The molecule has 482 valence electrons. The molecule has 81 heavy (non-hydrogen) atoms. The Hall–Kier alpha value is -1.94. The van der Waals surface area contributed by atoms with E-state index in [-0.39, 0.29) is 25.7 Å². The van der Waals surface area contributed by atoms with Gasteiger partial charge >= 0.3 is 39.5 Å². The lowest BCUT2D eigenvalue weighted by atomic mass is 10.0.